The monoisotopic (exact) mass is 203 g/mol. The highest BCUT2D eigenvalue weighted by Crippen LogP contribution is 1.96. The lowest BCUT2D eigenvalue weighted by molar-refractivity contribution is -0.145. The fraction of sp³-hybridized carbons (Fsp3) is 0.900. The largest absolute Gasteiger partial charge is 0.468 e. The Hall–Kier alpha value is -0.610. The summed E-state index contributed by atoms with van der Waals surface area (Å²) in [5.74, 6) is -0.278. The van der Waals surface area contributed by atoms with Crippen molar-refractivity contribution in [1.29, 1.82) is 0 Å². The third-order valence-electron chi connectivity index (χ3n) is 1.62. The van der Waals surface area contributed by atoms with Crippen molar-refractivity contribution in [3.8, 4) is 0 Å². The number of nitrogens with one attached hydrogen (secondary N) is 1. The Labute approximate surface area is 86.0 Å². The van der Waals surface area contributed by atoms with Gasteiger partial charge in [0.15, 0.2) is 0 Å². The first kappa shape index (κ1) is 13.4. The van der Waals surface area contributed by atoms with E-state index in [2.05, 4.69) is 10.1 Å². The normalized spacial score (nSPS) is 13.4. The molecule has 0 heterocycles. The number of rotatable bonds is 6. The van der Waals surface area contributed by atoms with Crippen molar-refractivity contribution in [2.45, 2.75) is 45.9 Å². The molecule has 0 saturated heterocycles. The van der Waals surface area contributed by atoms with Gasteiger partial charge in [0.2, 0.25) is 0 Å². The maximum absolute atomic E-state index is 11.3. The molecule has 0 fully saturated rings. The molecular formula is C10H21NO3. The van der Waals surface area contributed by atoms with Crippen LogP contribution in [0.5, 0.6) is 0 Å². The van der Waals surface area contributed by atoms with Crippen LogP contribution in [-0.2, 0) is 14.3 Å². The predicted octanol–water partition coefficient (Wildman–Crippen LogP) is 0.951. The number of carbonyl (C=O) groups is 1. The topological polar surface area (TPSA) is 47.6 Å². The Balaban J connectivity index is 4.04. The van der Waals surface area contributed by atoms with Crippen LogP contribution in [0, 0.1) is 0 Å². The zero-order valence-electron chi connectivity index (χ0n) is 9.66. The summed E-state index contributed by atoms with van der Waals surface area (Å²) in [6.45, 7) is 8.17. The van der Waals surface area contributed by atoms with Crippen LogP contribution < -0.4 is 5.32 Å². The molecule has 14 heavy (non-hydrogen) atoms. The lowest BCUT2D eigenvalue weighted by Crippen LogP contribution is -2.45. The molecule has 0 aromatic rings. The van der Waals surface area contributed by atoms with E-state index in [-0.39, 0.29) is 24.2 Å². The molecule has 0 aromatic heterocycles. The van der Waals surface area contributed by atoms with Gasteiger partial charge in [-0.2, -0.15) is 0 Å². The fourth-order valence-corrected chi connectivity index (χ4v) is 1.02. The van der Waals surface area contributed by atoms with Gasteiger partial charge in [-0.1, -0.05) is 13.8 Å². The van der Waals surface area contributed by atoms with Gasteiger partial charge in [-0.05, 0) is 13.8 Å². The highest BCUT2D eigenvalue weighted by molar-refractivity contribution is 5.75. The summed E-state index contributed by atoms with van der Waals surface area (Å²) >= 11 is 0. The van der Waals surface area contributed by atoms with Crippen LogP contribution in [0.1, 0.15) is 27.7 Å². The van der Waals surface area contributed by atoms with E-state index in [1.54, 1.807) is 0 Å². The second kappa shape index (κ2) is 6.79. The molecule has 1 atom stereocenters. The van der Waals surface area contributed by atoms with Gasteiger partial charge in [0.25, 0.3) is 0 Å². The quantitative estimate of drug-likeness (QED) is 0.653. The molecule has 0 aromatic carbocycles. The van der Waals surface area contributed by atoms with Crippen molar-refractivity contribution in [3.63, 3.8) is 0 Å². The zero-order valence-corrected chi connectivity index (χ0v) is 9.66. The van der Waals surface area contributed by atoms with Crippen molar-refractivity contribution < 1.29 is 14.3 Å². The van der Waals surface area contributed by atoms with E-state index in [0.717, 1.165) is 0 Å². The molecule has 84 valence electrons. The Bertz CT molecular complexity index is 169. The van der Waals surface area contributed by atoms with Gasteiger partial charge in [-0.25, -0.2) is 0 Å². The summed E-state index contributed by atoms with van der Waals surface area (Å²) in [6.07, 6.45) is 0.121. The molecule has 0 aliphatic rings. The van der Waals surface area contributed by atoms with Gasteiger partial charge in [0, 0.05) is 6.04 Å². The standard InChI is InChI=1S/C10H21NO3/c1-7(2)11-9(10(12)13-5)6-14-8(3)4/h7-9,11H,6H2,1-5H3. The van der Waals surface area contributed by atoms with E-state index < -0.39 is 0 Å². The number of hydrogen-bond acceptors (Lipinski definition) is 4. The lowest BCUT2D eigenvalue weighted by atomic mass is 10.2. The number of esters is 1. The number of hydrogen-bond donors (Lipinski definition) is 1. The molecule has 0 spiro atoms. The average Bonchev–Trinajstić information content (AvgIpc) is 2.10. The van der Waals surface area contributed by atoms with Crippen LogP contribution in [0.4, 0.5) is 0 Å². The first-order valence-electron chi connectivity index (χ1n) is 4.92. The minimum atomic E-state index is -0.373. The van der Waals surface area contributed by atoms with Crippen LogP contribution in [0.3, 0.4) is 0 Å². The Morgan fingerprint density at radius 3 is 2.21 bits per heavy atom. The molecule has 1 N–H and O–H groups in total. The van der Waals surface area contributed by atoms with Crippen LogP contribution in [0.2, 0.25) is 0 Å². The SMILES string of the molecule is COC(=O)C(COC(C)C)NC(C)C. The minimum Gasteiger partial charge on any atom is -0.468 e. The second-order valence-electron chi connectivity index (χ2n) is 3.78. The molecule has 0 aliphatic carbocycles. The Kier molecular flexibility index (Phi) is 6.49. The molecule has 4 nitrogen and oxygen atoms in total. The molecule has 0 rings (SSSR count). The van der Waals surface area contributed by atoms with E-state index in [1.165, 1.54) is 7.11 Å². The summed E-state index contributed by atoms with van der Waals surface area (Å²) in [5, 5.41) is 3.09. The molecule has 1 unspecified atom stereocenters. The summed E-state index contributed by atoms with van der Waals surface area (Å²) in [6, 6.07) is -0.141. The van der Waals surface area contributed by atoms with Gasteiger partial charge < -0.3 is 14.8 Å². The maximum atomic E-state index is 11.3. The van der Waals surface area contributed by atoms with Crippen LogP contribution in [-0.4, -0.2) is 37.9 Å². The molecule has 0 radical (unpaired) electrons. The third kappa shape index (κ3) is 5.94. The average molecular weight is 203 g/mol. The van der Waals surface area contributed by atoms with E-state index in [9.17, 15) is 4.79 Å². The van der Waals surface area contributed by atoms with Crippen LogP contribution >= 0.6 is 0 Å². The summed E-state index contributed by atoms with van der Waals surface area (Å²) in [7, 11) is 1.38. The van der Waals surface area contributed by atoms with Crippen LogP contribution in [0.15, 0.2) is 0 Å². The molecule has 0 aliphatic heterocycles. The molecule has 0 saturated carbocycles. The number of carbonyl (C=O) groups excluding carboxylic acids is 1. The molecule has 4 heteroatoms. The summed E-state index contributed by atoms with van der Waals surface area (Å²) in [4.78, 5) is 11.3. The van der Waals surface area contributed by atoms with Crippen molar-refractivity contribution >= 4 is 5.97 Å². The van der Waals surface area contributed by atoms with Gasteiger partial charge in [0.1, 0.15) is 6.04 Å². The maximum Gasteiger partial charge on any atom is 0.325 e. The molecule has 0 bridgehead atoms. The summed E-state index contributed by atoms with van der Waals surface area (Å²) in [5.41, 5.74) is 0. The Morgan fingerprint density at radius 1 is 1.29 bits per heavy atom. The van der Waals surface area contributed by atoms with Crippen molar-refractivity contribution in [3.05, 3.63) is 0 Å². The fourth-order valence-electron chi connectivity index (χ4n) is 1.02. The lowest BCUT2D eigenvalue weighted by Gasteiger charge is -2.20. The highest BCUT2D eigenvalue weighted by Gasteiger charge is 2.20. The first-order valence-corrected chi connectivity index (χ1v) is 4.92. The van der Waals surface area contributed by atoms with E-state index in [1.807, 2.05) is 27.7 Å². The first-order chi connectivity index (χ1) is 6.47. The number of methoxy groups -OCH3 is 1. The second-order valence-corrected chi connectivity index (χ2v) is 3.78. The smallest absolute Gasteiger partial charge is 0.325 e. The van der Waals surface area contributed by atoms with Gasteiger partial charge in [-0.3, -0.25) is 4.79 Å². The van der Waals surface area contributed by atoms with Gasteiger partial charge in [-0.15, -0.1) is 0 Å². The van der Waals surface area contributed by atoms with Crippen LogP contribution in [0.25, 0.3) is 0 Å². The van der Waals surface area contributed by atoms with Gasteiger partial charge >= 0.3 is 5.97 Å². The van der Waals surface area contributed by atoms with E-state index in [4.69, 9.17) is 4.74 Å². The van der Waals surface area contributed by atoms with Crippen molar-refractivity contribution in [2.75, 3.05) is 13.7 Å². The predicted molar refractivity (Wildman–Crippen MR) is 55.2 cm³/mol. The van der Waals surface area contributed by atoms with E-state index >= 15 is 0 Å². The van der Waals surface area contributed by atoms with Gasteiger partial charge in [0.05, 0.1) is 19.8 Å². The molecular weight excluding hydrogens is 182 g/mol. The van der Waals surface area contributed by atoms with E-state index in [0.29, 0.717) is 6.61 Å². The summed E-state index contributed by atoms with van der Waals surface area (Å²) < 4.78 is 10.0. The van der Waals surface area contributed by atoms with Crippen molar-refractivity contribution in [2.24, 2.45) is 0 Å². The third-order valence-corrected chi connectivity index (χ3v) is 1.62. The Morgan fingerprint density at radius 2 is 1.86 bits per heavy atom. The minimum absolute atomic E-state index is 0.121. The number of ether oxygens (including phenoxy) is 2. The zero-order chi connectivity index (χ0) is 11.1. The highest BCUT2D eigenvalue weighted by atomic mass is 16.5. The molecule has 0 amide bonds. The van der Waals surface area contributed by atoms with Crippen molar-refractivity contribution in [1.82, 2.24) is 5.32 Å².